The predicted octanol–water partition coefficient (Wildman–Crippen LogP) is 3.47. The Morgan fingerprint density at radius 1 is 1.19 bits per heavy atom. The Kier molecular flexibility index (Phi) is 7.23. The lowest BCUT2D eigenvalue weighted by molar-refractivity contribution is -0.123. The van der Waals surface area contributed by atoms with Crippen LogP contribution in [-0.4, -0.2) is 52.5 Å². The minimum Gasteiger partial charge on any atom is -0.497 e. The van der Waals surface area contributed by atoms with Gasteiger partial charge in [0, 0.05) is 25.8 Å². The number of hydrogen-bond acceptors (Lipinski definition) is 5. The van der Waals surface area contributed by atoms with Gasteiger partial charge < -0.3 is 14.4 Å². The summed E-state index contributed by atoms with van der Waals surface area (Å²) < 4.78 is 38.6. The number of nitrogens with zero attached hydrogens (tertiary/aromatic N) is 2. The fraction of sp³-hybridized carbons (Fsp3) is 0.435. The minimum absolute atomic E-state index is 0.0899. The maximum absolute atomic E-state index is 13.2. The number of aryl methyl sites for hydroxylation is 1. The van der Waals surface area contributed by atoms with E-state index in [1.165, 1.54) is 4.31 Å². The number of rotatable bonds is 7. The normalized spacial score (nSPS) is 17.2. The molecule has 0 aromatic heterocycles. The van der Waals surface area contributed by atoms with E-state index in [0.29, 0.717) is 37.5 Å². The first-order valence-electron chi connectivity index (χ1n) is 10.4. The molecule has 1 amide bonds. The zero-order valence-electron chi connectivity index (χ0n) is 18.5. The lowest BCUT2D eigenvalue weighted by Crippen LogP contribution is -2.45. The molecule has 0 aliphatic carbocycles. The Balaban J connectivity index is 1.75. The molecule has 0 saturated carbocycles. The lowest BCUT2D eigenvalue weighted by Gasteiger charge is -2.33. The van der Waals surface area contributed by atoms with Crippen LogP contribution in [0.5, 0.6) is 11.5 Å². The second-order valence-electron chi connectivity index (χ2n) is 7.66. The monoisotopic (exact) mass is 446 g/mol. The molecule has 1 aliphatic rings. The predicted molar refractivity (Wildman–Crippen MR) is 120 cm³/mol. The summed E-state index contributed by atoms with van der Waals surface area (Å²) in [4.78, 5) is 14.9. The maximum atomic E-state index is 13.2. The number of ether oxygens (including phenoxy) is 2. The first-order valence-corrected chi connectivity index (χ1v) is 11.9. The van der Waals surface area contributed by atoms with Crippen molar-refractivity contribution in [1.82, 2.24) is 4.31 Å². The van der Waals surface area contributed by atoms with Crippen LogP contribution >= 0.6 is 0 Å². The number of amides is 1. The van der Waals surface area contributed by atoms with Crippen molar-refractivity contribution in [2.75, 3.05) is 38.8 Å². The van der Waals surface area contributed by atoms with Crippen LogP contribution in [0.15, 0.2) is 47.4 Å². The molecule has 1 atom stereocenters. The Hall–Kier alpha value is -2.58. The molecule has 0 bridgehead atoms. The second kappa shape index (κ2) is 9.70. The summed E-state index contributed by atoms with van der Waals surface area (Å²) in [6, 6.07) is 12.1. The van der Waals surface area contributed by atoms with Crippen LogP contribution in [0, 0.1) is 12.8 Å². The van der Waals surface area contributed by atoms with Crippen molar-refractivity contribution in [2.45, 2.75) is 31.6 Å². The molecule has 2 aromatic carbocycles. The molecular formula is C23H30N2O5S. The van der Waals surface area contributed by atoms with Crippen LogP contribution in [0.3, 0.4) is 0 Å². The van der Waals surface area contributed by atoms with Crippen LogP contribution in [0.4, 0.5) is 5.69 Å². The van der Waals surface area contributed by atoms with Gasteiger partial charge in [-0.2, -0.15) is 4.31 Å². The van der Waals surface area contributed by atoms with Gasteiger partial charge in [-0.15, -0.1) is 0 Å². The van der Waals surface area contributed by atoms with Gasteiger partial charge in [0.2, 0.25) is 15.9 Å². The molecule has 2 aromatic rings. The molecule has 7 nitrogen and oxygen atoms in total. The lowest BCUT2D eigenvalue weighted by atomic mass is 9.98. The van der Waals surface area contributed by atoms with Gasteiger partial charge >= 0.3 is 0 Å². The van der Waals surface area contributed by atoms with Gasteiger partial charge in [-0.25, -0.2) is 8.42 Å². The first kappa shape index (κ1) is 23.1. The smallest absolute Gasteiger partial charge is 0.243 e. The van der Waals surface area contributed by atoms with Gasteiger partial charge in [0.05, 0.1) is 24.5 Å². The number of carbonyl (C=O) groups excluding carboxylic acids is 1. The van der Waals surface area contributed by atoms with E-state index in [9.17, 15) is 13.2 Å². The molecule has 3 rings (SSSR count). The zero-order valence-corrected chi connectivity index (χ0v) is 19.3. The summed E-state index contributed by atoms with van der Waals surface area (Å²) in [7, 11) is -0.386. The Labute approximate surface area is 184 Å². The molecule has 1 unspecified atom stereocenters. The Bertz CT molecular complexity index is 1020. The number of carbonyl (C=O) groups is 1. The van der Waals surface area contributed by atoms with Crippen LogP contribution in [-0.2, 0) is 14.8 Å². The van der Waals surface area contributed by atoms with Crippen LogP contribution in [0.1, 0.15) is 25.3 Å². The van der Waals surface area contributed by atoms with Gasteiger partial charge in [-0.3, -0.25) is 4.79 Å². The maximum Gasteiger partial charge on any atom is 0.243 e. The summed E-state index contributed by atoms with van der Waals surface area (Å²) in [5.41, 5.74) is 1.51. The van der Waals surface area contributed by atoms with Crippen molar-refractivity contribution in [3.63, 3.8) is 0 Å². The van der Waals surface area contributed by atoms with Crippen LogP contribution in [0.25, 0.3) is 0 Å². The number of methoxy groups -OCH3 is 1. The van der Waals surface area contributed by atoms with E-state index < -0.39 is 10.0 Å². The van der Waals surface area contributed by atoms with E-state index in [0.717, 1.165) is 11.3 Å². The highest BCUT2D eigenvalue weighted by molar-refractivity contribution is 7.89. The van der Waals surface area contributed by atoms with Crippen molar-refractivity contribution in [3.05, 3.63) is 48.0 Å². The number of benzene rings is 2. The fourth-order valence-electron chi connectivity index (χ4n) is 3.82. The average Bonchev–Trinajstić information content (AvgIpc) is 2.79. The molecule has 31 heavy (non-hydrogen) atoms. The topological polar surface area (TPSA) is 76.2 Å². The minimum atomic E-state index is -3.69. The molecule has 1 heterocycles. The standard InChI is InChI=1S/C23H30N2O5S/c1-5-30-22-13-12-21(15-17(22)2)31(27,28)25-14-6-7-18(16-25)23(26)24(3)19-8-10-20(29-4)11-9-19/h8-13,15,18H,5-7,14,16H2,1-4H3. The summed E-state index contributed by atoms with van der Waals surface area (Å²) in [5, 5.41) is 0. The van der Waals surface area contributed by atoms with Gasteiger partial charge in [-0.1, -0.05) is 0 Å². The highest BCUT2D eigenvalue weighted by Crippen LogP contribution is 2.29. The largest absolute Gasteiger partial charge is 0.497 e. The van der Waals surface area contributed by atoms with Gasteiger partial charge in [0.25, 0.3) is 0 Å². The molecule has 8 heteroatoms. The van der Waals surface area contributed by atoms with E-state index >= 15 is 0 Å². The molecular weight excluding hydrogens is 416 g/mol. The first-order chi connectivity index (χ1) is 14.8. The number of anilines is 1. The van der Waals surface area contributed by atoms with Crippen LogP contribution < -0.4 is 14.4 Å². The quantitative estimate of drug-likeness (QED) is 0.651. The van der Waals surface area contributed by atoms with E-state index in [2.05, 4.69) is 0 Å². The molecule has 0 radical (unpaired) electrons. The molecule has 1 aliphatic heterocycles. The average molecular weight is 447 g/mol. The van der Waals surface area contributed by atoms with Crippen molar-refractivity contribution >= 4 is 21.6 Å². The van der Waals surface area contributed by atoms with Crippen molar-refractivity contribution < 1.29 is 22.7 Å². The summed E-state index contributed by atoms with van der Waals surface area (Å²) in [6.45, 7) is 4.82. The third-order valence-electron chi connectivity index (χ3n) is 5.61. The second-order valence-corrected chi connectivity index (χ2v) is 9.60. The highest BCUT2D eigenvalue weighted by Gasteiger charge is 2.35. The molecule has 1 fully saturated rings. The summed E-state index contributed by atoms with van der Waals surface area (Å²) in [6.07, 6.45) is 1.30. The van der Waals surface area contributed by atoms with E-state index in [-0.39, 0.29) is 23.3 Å². The van der Waals surface area contributed by atoms with Crippen LogP contribution in [0.2, 0.25) is 0 Å². The number of hydrogen-bond donors (Lipinski definition) is 0. The van der Waals surface area contributed by atoms with Gasteiger partial charge in [0.15, 0.2) is 0 Å². The van der Waals surface area contributed by atoms with Crippen molar-refractivity contribution in [2.24, 2.45) is 5.92 Å². The summed E-state index contributed by atoms with van der Waals surface area (Å²) in [5.74, 6) is 0.909. The van der Waals surface area contributed by atoms with Crippen molar-refractivity contribution in [1.29, 1.82) is 0 Å². The van der Waals surface area contributed by atoms with Gasteiger partial charge in [-0.05, 0) is 74.7 Å². The SMILES string of the molecule is CCOc1ccc(S(=O)(=O)N2CCCC(C(=O)N(C)c3ccc(OC)cc3)C2)cc1C. The fourth-order valence-corrected chi connectivity index (χ4v) is 5.43. The number of piperidine rings is 1. The molecule has 0 spiro atoms. The summed E-state index contributed by atoms with van der Waals surface area (Å²) >= 11 is 0. The molecule has 1 saturated heterocycles. The van der Waals surface area contributed by atoms with E-state index in [1.807, 2.05) is 26.0 Å². The third kappa shape index (κ3) is 5.02. The van der Waals surface area contributed by atoms with Gasteiger partial charge in [0.1, 0.15) is 11.5 Å². The molecule has 168 valence electrons. The third-order valence-corrected chi connectivity index (χ3v) is 7.47. The Morgan fingerprint density at radius 3 is 2.52 bits per heavy atom. The van der Waals surface area contributed by atoms with E-state index in [1.54, 1.807) is 49.4 Å². The Morgan fingerprint density at radius 2 is 1.90 bits per heavy atom. The van der Waals surface area contributed by atoms with Crippen molar-refractivity contribution in [3.8, 4) is 11.5 Å². The highest BCUT2D eigenvalue weighted by atomic mass is 32.2. The number of sulfonamides is 1. The van der Waals surface area contributed by atoms with E-state index in [4.69, 9.17) is 9.47 Å². The molecule has 0 N–H and O–H groups in total. The zero-order chi connectivity index (χ0) is 22.6.